The van der Waals surface area contributed by atoms with E-state index in [0.29, 0.717) is 48.1 Å². The second-order valence-electron chi connectivity index (χ2n) is 8.34. The number of aliphatic hydroxyl groups is 1. The zero-order valence-corrected chi connectivity index (χ0v) is 18.5. The SMILES string of the molecule is CC(C)(O)c1ccc([SH](=O)=NC(=O)Nc2c3c(c(F)c4c2CCC4)CCC3)c(Cl)c1. The molecule has 2 N–H and O–H groups in total. The lowest BCUT2D eigenvalue weighted by Gasteiger charge is -2.18. The topological polar surface area (TPSA) is 78.8 Å². The Bertz CT molecular complexity index is 1100. The molecule has 2 aliphatic carbocycles. The summed E-state index contributed by atoms with van der Waals surface area (Å²) in [5.41, 5.74) is 3.21. The van der Waals surface area contributed by atoms with Crippen molar-refractivity contribution in [2.75, 3.05) is 5.32 Å². The molecule has 2 amide bonds. The van der Waals surface area contributed by atoms with Crippen LogP contribution in [0.15, 0.2) is 27.5 Å². The highest BCUT2D eigenvalue weighted by molar-refractivity contribution is 7.75. The lowest BCUT2D eigenvalue weighted by molar-refractivity contribution is 0.0785. The summed E-state index contributed by atoms with van der Waals surface area (Å²) in [5, 5.41) is 13.0. The summed E-state index contributed by atoms with van der Waals surface area (Å²) in [6.07, 6.45) is 4.48. The van der Waals surface area contributed by atoms with Gasteiger partial charge in [-0.15, -0.1) is 4.36 Å². The van der Waals surface area contributed by atoms with Crippen molar-refractivity contribution in [3.05, 3.63) is 56.9 Å². The number of anilines is 1. The first kappa shape index (κ1) is 21.3. The maximum atomic E-state index is 14.8. The molecule has 0 heterocycles. The van der Waals surface area contributed by atoms with E-state index in [1.807, 2.05) is 0 Å². The average Bonchev–Trinajstić information content (AvgIpc) is 3.34. The number of halogens is 2. The second kappa shape index (κ2) is 7.94. The zero-order valence-electron chi connectivity index (χ0n) is 16.9. The predicted molar refractivity (Wildman–Crippen MR) is 116 cm³/mol. The molecule has 0 aliphatic heterocycles. The van der Waals surface area contributed by atoms with Crippen LogP contribution < -0.4 is 5.32 Å². The highest BCUT2D eigenvalue weighted by Gasteiger charge is 2.29. The van der Waals surface area contributed by atoms with Gasteiger partial charge in [-0.1, -0.05) is 17.7 Å². The van der Waals surface area contributed by atoms with Gasteiger partial charge in [0.15, 0.2) is 0 Å². The molecule has 4 rings (SSSR count). The molecule has 8 heteroatoms. The van der Waals surface area contributed by atoms with Gasteiger partial charge in [0.25, 0.3) is 0 Å². The van der Waals surface area contributed by atoms with E-state index in [1.165, 1.54) is 12.1 Å². The van der Waals surface area contributed by atoms with Crippen LogP contribution in [0.1, 0.15) is 54.5 Å². The minimum atomic E-state index is -2.42. The third-order valence-corrected chi connectivity index (χ3v) is 7.45. The fourth-order valence-electron chi connectivity index (χ4n) is 4.35. The van der Waals surface area contributed by atoms with E-state index in [2.05, 4.69) is 9.68 Å². The van der Waals surface area contributed by atoms with Crippen LogP contribution in [-0.4, -0.2) is 15.3 Å². The van der Waals surface area contributed by atoms with Crippen LogP contribution in [0.3, 0.4) is 0 Å². The zero-order chi connectivity index (χ0) is 21.6. The second-order valence-corrected chi connectivity index (χ2v) is 9.97. The van der Waals surface area contributed by atoms with Crippen molar-refractivity contribution in [3.63, 3.8) is 0 Å². The van der Waals surface area contributed by atoms with E-state index in [-0.39, 0.29) is 15.7 Å². The Morgan fingerprint density at radius 1 is 1.13 bits per heavy atom. The Morgan fingerprint density at radius 2 is 1.70 bits per heavy atom. The molecule has 0 saturated carbocycles. The number of amides is 2. The number of benzene rings is 2. The number of carbonyl (C=O) groups is 1. The van der Waals surface area contributed by atoms with Gasteiger partial charge >= 0.3 is 6.03 Å². The number of hydrogen-bond donors (Lipinski definition) is 3. The summed E-state index contributed by atoms with van der Waals surface area (Å²) < 4.78 is 31.2. The fraction of sp³-hybridized carbons (Fsp3) is 0.409. The number of nitrogens with one attached hydrogen (secondary N) is 1. The molecule has 2 aromatic rings. The van der Waals surface area contributed by atoms with E-state index in [1.54, 1.807) is 19.9 Å². The Labute approximate surface area is 181 Å². The van der Waals surface area contributed by atoms with Gasteiger partial charge in [-0.25, -0.2) is 13.4 Å². The van der Waals surface area contributed by atoms with Gasteiger partial charge in [-0.2, -0.15) is 0 Å². The van der Waals surface area contributed by atoms with E-state index in [9.17, 15) is 18.5 Å². The Morgan fingerprint density at radius 3 is 2.23 bits per heavy atom. The summed E-state index contributed by atoms with van der Waals surface area (Å²) in [6, 6.07) is 3.92. The van der Waals surface area contributed by atoms with Crippen LogP contribution in [0, 0.1) is 5.82 Å². The molecule has 2 aliphatic rings. The number of rotatable bonds is 3. The van der Waals surface area contributed by atoms with Gasteiger partial charge in [0.1, 0.15) is 5.82 Å². The predicted octanol–water partition coefficient (Wildman–Crippen LogP) is 4.94. The molecule has 0 spiro atoms. The first-order chi connectivity index (χ1) is 14.2. The van der Waals surface area contributed by atoms with Crippen LogP contribution in [0.5, 0.6) is 0 Å². The molecule has 0 bridgehead atoms. The number of urea groups is 1. The normalized spacial score (nSPS) is 16.4. The molecule has 160 valence electrons. The summed E-state index contributed by atoms with van der Waals surface area (Å²) >= 11 is 6.22. The highest BCUT2D eigenvalue weighted by Crippen LogP contribution is 2.41. The number of thiol groups is 1. The number of carbonyl (C=O) groups excluding carboxylic acids is 1. The van der Waals surface area contributed by atoms with Crippen LogP contribution in [0.25, 0.3) is 0 Å². The Kier molecular flexibility index (Phi) is 5.64. The average molecular weight is 451 g/mol. The van der Waals surface area contributed by atoms with Crippen LogP contribution in [0.4, 0.5) is 14.9 Å². The number of hydrogen-bond acceptors (Lipinski definition) is 3. The molecule has 2 aromatic carbocycles. The number of nitrogens with zero attached hydrogens (tertiary/aromatic N) is 1. The van der Waals surface area contributed by atoms with Gasteiger partial charge in [0, 0.05) is 5.69 Å². The fourth-order valence-corrected chi connectivity index (χ4v) is 5.52. The summed E-state index contributed by atoms with van der Waals surface area (Å²) in [7, 11) is -2.42. The van der Waals surface area contributed by atoms with E-state index >= 15 is 0 Å². The molecule has 1 atom stereocenters. The van der Waals surface area contributed by atoms with Gasteiger partial charge in [0.2, 0.25) is 0 Å². The van der Waals surface area contributed by atoms with Crippen molar-refractivity contribution in [1.29, 1.82) is 0 Å². The quantitative estimate of drug-likeness (QED) is 0.579. The highest BCUT2D eigenvalue weighted by atomic mass is 35.5. The monoisotopic (exact) mass is 450 g/mol. The van der Waals surface area contributed by atoms with Gasteiger partial charge < -0.3 is 10.4 Å². The Balaban J connectivity index is 1.63. The van der Waals surface area contributed by atoms with Crippen LogP contribution in [0.2, 0.25) is 5.02 Å². The third-order valence-electron chi connectivity index (χ3n) is 5.84. The molecule has 5 nitrogen and oxygen atoms in total. The van der Waals surface area contributed by atoms with E-state index in [4.69, 9.17) is 11.6 Å². The summed E-state index contributed by atoms with van der Waals surface area (Å²) in [6.45, 7) is 3.24. The van der Waals surface area contributed by atoms with E-state index < -0.39 is 22.2 Å². The van der Waals surface area contributed by atoms with Gasteiger partial charge in [0.05, 0.1) is 26.1 Å². The first-order valence-electron chi connectivity index (χ1n) is 10.0. The van der Waals surface area contributed by atoms with Crippen molar-refractivity contribution in [2.45, 2.75) is 62.9 Å². The molecule has 0 fully saturated rings. The molecular formula is C22H24ClFN2O3S. The van der Waals surface area contributed by atoms with Crippen molar-refractivity contribution < 1.29 is 18.5 Å². The molecule has 0 saturated heterocycles. The molecular weight excluding hydrogens is 427 g/mol. The molecule has 0 aromatic heterocycles. The Hall–Kier alpha value is -1.96. The molecule has 1 unspecified atom stereocenters. The minimum absolute atomic E-state index is 0.116. The van der Waals surface area contributed by atoms with Crippen LogP contribution in [-0.2, 0) is 41.9 Å². The third kappa shape index (κ3) is 3.86. The molecule has 30 heavy (non-hydrogen) atoms. The van der Waals surface area contributed by atoms with Gasteiger partial charge in [-0.05, 0) is 92.3 Å². The lowest BCUT2D eigenvalue weighted by Crippen LogP contribution is -2.15. The summed E-state index contributed by atoms with van der Waals surface area (Å²) in [4.78, 5) is 12.8. The van der Waals surface area contributed by atoms with Crippen molar-refractivity contribution in [3.8, 4) is 0 Å². The lowest BCUT2D eigenvalue weighted by atomic mass is 9.98. The first-order valence-corrected chi connectivity index (χ1v) is 11.6. The number of fused-ring (bicyclic) bond motifs is 2. The minimum Gasteiger partial charge on any atom is -0.386 e. The van der Waals surface area contributed by atoms with Crippen LogP contribution >= 0.6 is 11.6 Å². The molecule has 0 radical (unpaired) electrons. The van der Waals surface area contributed by atoms with Crippen molar-refractivity contribution in [2.24, 2.45) is 4.36 Å². The smallest absolute Gasteiger partial charge is 0.353 e. The van der Waals surface area contributed by atoms with Crippen molar-refractivity contribution in [1.82, 2.24) is 0 Å². The maximum Gasteiger partial charge on any atom is 0.353 e. The standard InChI is InChI=1S/C22H24ClFN2O3S/c1-22(2,28)12-9-10-18(17(23)11-12)30(29)26-21(27)25-20-15-7-3-5-13(15)19(24)14-6-4-8-16(14)20/h9-11,28,30H,3-8H2,1-2H3,(H,25,27). The summed E-state index contributed by atoms with van der Waals surface area (Å²) in [5.74, 6) is -0.116. The van der Waals surface area contributed by atoms with Crippen molar-refractivity contribution >= 4 is 33.9 Å². The van der Waals surface area contributed by atoms with Gasteiger partial charge in [-0.3, -0.25) is 0 Å². The van der Waals surface area contributed by atoms with E-state index in [0.717, 1.165) is 24.0 Å². The largest absolute Gasteiger partial charge is 0.386 e. The maximum absolute atomic E-state index is 14.8.